The highest BCUT2D eigenvalue weighted by Gasteiger charge is 2.47. The Morgan fingerprint density at radius 2 is 1.71 bits per heavy atom. The van der Waals surface area contributed by atoms with E-state index in [0.717, 1.165) is 25.2 Å². The average Bonchev–Trinajstić information content (AvgIpc) is 3.28. The van der Waals surface area contributed by atoms with Gasteiger partial charge < -0.3 is 19.9 Å². The number of aryl methyl sites for hydroxylation is 1. The Morgan fingerprint density at radius 1 is 0.976 bits per heavy atom. The fourth-order valence-electron chi connectivity index (χ4n) is 5.99. The molecule has 2 aliphatic rings. The summed E-state index contributed by atoms with van der Waals surface area (Å²) in [6.07, 6.45) is 2.09. The summed E-state index contributed by atoms with van der Waals surface area (Å²) in [6.45, 7) is 4.71. The van der Waals surface area contributed by atoms with Crippen LogP contribution < -0.4 is 15.0 Å². The molecule has 5 rings (SSSR count). The van der Waals surface area contributed by atoms with E-state index in [1.807, 2.05) is 13.8 Å². The number of benzene rings is 3. The lowest BCUT2D eigenvalue weighted by molar-refractivity contribution is -0.116. The van der Waals surface area contributed by atoms with Crippen LogP contribution in [0.4, 0.5) is 24.5 Å². The monoisotopic (exact) mass is 579 g/mol. The number of rotatable bonds is 6. The first-order valence-corrected chi connectivity index (χ1v) is 13.9. The van der Waals surface area contributed by atoms with Gasteiger partial charge in [0.25, 0.3) is 11.8 Å². The van der Waals surface area contributed by atoms with Gasteiger partial charge in [0.1, 0.15) is 5.82 Å². The van der Waals surface area contributed by atoms with Gasteiger partial charge >= 0.3 is 0 Å². The fourth-order valence-corrected chi connectivity index (χ4v) is 5.99. The van der Waals surface area contributed by atoms with Crippen LogP contribution in [0.5, 0.6) is 5.75 Å². The van der Waals surface area contributed by atoms with Crippen LogP contribution in [0.1, 0.15) is 64.4 Å². The van der Waals surface area contributed by atoms with Gasteiger partial charge in [0, 0.05) is 48.4 Å². The summed E-state index contributed by atoms with van der Waals surface area (Å²) in [5.41, 5.74) is 2.31. The van der Waals surface area contributed by atoms with Crippen molar-refractivity contribution >= 4 is 29.1 Å². The van der Waals surface area contributed by atoms with E-state index < -0.39 is 34.5 Å². The Balaban J connectivity index is 1.36. The van der Waals surface area contributed by atoms with E-state index in [2.05, 4.69) is 5.32 Å². The largest absolute Gasteiger partial charge is 0.493 e. The second kappa shape index (κ2) is 11.5. The fraction of sp³-hybridized carbons (Fsp3) is 0.344. The van der Waals surface area contributed by atoms with Crippen molar-refractivity contribution in [3.05, 3.63) is 88.2 Å². The number of nitrogens with zero attached hydrogens (tertiary/aromatic N) is 2. The highest BCUT2D eigenvalue weighted by molar-refractivity contribution is 6.09. The summed E-state index contributed by atoms with van der Waals surface area (Å²) in [6, 6.07) is 11.4. The maximum atomic E-state index is 14.5. The van der Waals surface area contributed by atoms with Crippen molar-refractivity contribution in [3.8, 4) is 5.75 Å². The maximum Gasteiger partial charge on any atom is 0.262 e. The first-order valence-electron chi connectivity index (χ1n) is 13.9. The van der Waals surface area contributed by atoms with Gasteiger partial charge in [0.15, 0.2) is 11.6 Å². The van der Waals surface area contributed by atoms with E-state index in [9.17, 15) is 27.6 Å². The number of hydrogen-bond donors (Lipinski definition) is 1. The molecule has 0 bridgehead atoms. The molecule has 3 aromatic rings. The van der Waals surface area contributed by atoms with E-state index in [-0.39, 0.29) is 23.9 Å². The van der Waals surface area contributed by atoms with Crippen LogP contribution in [0.25, 0.3) is 0 Å². The average molecular weight is 580 g/mol. The molecule has 3 aromatic carbocycles. The number of anilines is 2. The molecule has 1 N–H and O–H groups in total. The van der Waals surface area contributed by atoms with Crippen LogP contribution in [-0.2, 0) is 10.2 Å². The van der Waals surface area contributed by atoms with Crippen LogP contribution in [-0.4, -0.2) is 49.4 Å². The SMILES string of the molecule is CCCC(=O)Nc1ccc(C(=O)N2CCC3(CC2)CN(C(=O)c2ccc(F)c(F)c2OC)c2ccc(F)cc23)cc1C. The number of fused-ring (bicyclic) bond motifs is 2. The maximum absolute atomic E-state index is 14.5. The number of piperidine rings is 1. The standard InChI is InChI=1S/C32H32F3N3O4/c1-4-5-27(39)36-25-10-6-20(16-19(25)2)30(40)37-14-12-32(13-15-37)18-38(26-11-7-21(33)17-23(26)32)31(41)22-8-9-24(34)28(35)29(22)42-3/h6-11,16-17H,4-5,12-15,18H2,1-3H3,(H,36,39). The van der Waals surface area contributed by atoms with E-state index in [4.69, 9.17) is 4.74 Å². The van der Waals surface area contributed by atoms with Crippen LogP contribution >= 0.6 is 0 Å². The van der Waals surface area contributed by atoms with Gasteiger partial charge in [0.2, 0.25) is 11.7 Å². The van der Waals surface area contributed by atoms with Gasteiger partial charge in [-0.3, -0.25) is 14.4 Å². The molecule has 10 heteroatoms. The van der Waals surface area contributed by atoms with Crippen LogP contribution in [0.3, 0.4) is 0 Å². The summed E-state index contributed by atoms with van der Waals surface area (Å²) >= 11 is 0. The summed E-state index contributed by atoms with van der Waals surface area (Å²) in [5, 5.41) is 2.87. The molecule has 0 radical (unpaired) electrons. The van der Waals surface area contributed by atoms with Crippen molar-refractivity contribution in [1.29, 1.82) is 0 Å². The molecule has 2 aliphatic heterocycles. The lowest BCUT2D eigenvalue weighted by Crippen LogP contribution is -2.48. The third-order valence-corrected chi connectivity index (χ3v) is 8.24. The number of carbonyl (C=O) groups excluding carboxylic acids is 3. The highest BCUT2D eigenvalue weighted by atomic mass is 19.2. The van der Waals surface area contributed by atoms with E-state index in [0.29, 0.717) is 54.9 Å². The zero-order chi connectivity index (χ0) is 30.2. The third-order valence-electron chi connectivity index (χ3n) is 8.24. The summed E-state index contributed by atoms with van der Waals surface area (Å²) in [5.74, 6) is -4.15. The van der Waals surface area contributed by atoms with Crippen molar-refractivity contribution < 1.29 is 32.3 Å². The van der Waals surface area contributed by atoms with Crippen LogP contribution in [0.15, 0.2) is 48.5 Å². The predicted molar refractivity (Wildman–Crippen MR) is 153 cm³/mol. The van der Waals surface area contributed by atoms with Crippen molar-refractivity contribution in [3.63, 3.8) is 0 Å². The normalized spacial score (nSPS) is 15.5. The molecule has 42 heavy (non-hydrogen) atoms. The van der Waals surface area contributed by atoms with Gasteiger partial charge in [-0.25, -0.2) is 8.78 Å². The van der Waals surface area contributed by atoms with Crippen LogP contribution in [0.2, 0.25) is 0 Å². The molecular formula is C32H32F3N3O4. The minimum Gasteiger partial charge on any atom is -0.493 e. The number of halogens is 3. The lowest BCUT2D eigenvalue weighted by Gasteiger charge is -2.40. The number of carbonyl (C=O) groups is 3. The minimum atomic E-state index is -1.25. The van der Waals surface area contributed by atoms with Gasteiger partial charge in [-0.05, 0) is 85.8 Å². The zero-order valence-electron chi connectivity index (χ0n) is 23.7. The zero-order valence-corrected chi connectivity index (χ0v) is 23.7. The number of hydrogen-bond acceptors (Lipinski definition) is 4. The molecule has 1 fully saturated rings. The molecule has 220 valence electrons. The van der Waals surface area contributed by atoms with E-state index >= 15 is 0 Å². The van der Waals surface area contributed by atoms with Crippen LogP contribution in [0, 0.1) is 24.4 Å². The smallest absolute Gasteiger partial charge is 0.262 e. The minimum absolute atomic E-state index is 0.0789. The molecule has 1 saturated heterocycles. The van der Waals surface area contributed by atoms with Crippen molar-refractivity contribution in [2.24, 2.45) is 0 Å². The summed E-state index contributed by atoms with van der Waals surface area (Å²) in [4.78, 5) is 42.3. The summed E-state index contributed by atoms with van der Waals surface area (Å²) < 4.78 is 47.8. The van der Waals surface area contributed by atoms with Crippen molar-refractivity contribution in [1.82, 2.24) is 4.90 Å². The molecule has 0 unspecified atom stereocenters. The quantitative estimate of drug-likeness (QED) is 0.389. The van der Waals surface area contributed by atoms with Gasteiger partial charge in [-0.2, -0.15) is 4.39 Å². The van der Waals surface area contributed by atoms with Gasteiger partial charge in [-0.15, -0.1) is 0 Å². The Morgan fingerprint density at radius 3 is 2.38 bits per heavy atom. The first-order chi connectivity index (χ1) is 20.1. The summed E-state index contributed by atoms with van der Waals surface area (Å²) in [7, 11) is 1.16. The Labute approximate surface area is 242 Å². The molecule has 0 aromatic heterocycles. The highest BCUT2D eigenvalue weighted by Crippen LogP contribution is 2.48. The van der Waals surface area contributed by atoms with E-state index in [1.165, 1.54) is 29.2 Å². The number of likely N-dealkylation sites (tertiary alicyclic amines) is 1. The van der Waals surface area contributed by atoms with Crippen molar-refractivity contribution in [2.45, 2.75) is 44.9 Å². The lowest BCUT2D eigenvalue weighted by atomic mass is 9.74. The molecule has 7 nitrogen and oxygen atoms in total. The third kappa shape index (κ3) is 5.21. The molecule has 0 saturated carbocycles. The molecule has 3 amide bonds. The number of amides is 3. The Hall–Kier alpha value is -4.34. The predicted octanol–water partition coefficient (Wildman–Crippen LogP) is 5.99. The Bertz CT molecular complexity index is 1570. The van der Waals surface area contributed by atoms with Gasteiger partial charge in [-0.1, -0.05) is 6.92 Å². The van der Waals surface area contributed by atoms with E-state index in [1.54, 1.807) is 23.1 Å². The number of ether oxygens (including phenoxy) is 1. The molecular weight excluding hydrogens is 547 g/mol. The molecule has 0 atom stereocenters. The second-order valence-electron chi connectivity index (χ2n) is 10.9. The second-order valence-corrected chi connectivity index (χ2v) is 10.9. The molecule has 0 aliphatic carbocycles. The van der Waals surface area contributed by atoms with Crippen molar-refractivity contribution in [2.75, 3.05) is 37.0 Å². The van der Waals surface area contributed by atoms with Gasteiger partial charge in [0.05, 0.1) is 12.7 Å². The Kier molecular flexibility index (Phi) is 7.99. The number of nitrogens with one attached hydrogen (secondary N) is 1. The molecule has 2 heterocycles. The number of methoxy groups -OCH3 is 1. The molecule has 1 spiro atoms. The topological polar surface area (TPSA) is 79.0 Å². The first kappa shape index (κ1) is 29.2.